The average molecular weight is 555 g/mol. The van der Waals surface area contributed by atoms with Gasteiger partial charge in [-0.05, 0) is 58.3 Å². The molecule has 0 saturated heterocycles. The second-order valence-corrected chi connectivity index (χ2v) is 8.23. The topological polar surface area (TPSA) is 85.9 Å². The number of nitrogens with zero attached hydrogens (tertiary/aromatic N) is 3. The van der Waals surface area contributed by atoms with Crippen LogP contribution < -0.4 is 4.74 Å². The van der Waals surface area contributed by atoms with Gasteiger partial charge in [0, 0.05) is 5.56 Å². The zero-order valence-corrected chi connectivity index (χ0v) is 20.3. The van der Waals surface area contributed by atoms with E-state index in [9.17, 15) is 10.0 Å². The summed E-state index contributed by atoms with van der Waals surface area (Å²) in [7, 11) is 1.37. The maximum atomic E-state index is 12.4. The van der Waals surface area contributed by atoms with Crippen LogP contribution in [-0.4, -0.2) is 38.2 Å². The molecular formula is C25H22IN3O4. The molecule has 0 aliphatic carbocycles. The summed E-state index contributed by atoms with van der Waals surface area (Å²) in [6.07, 6.45) is 0. The number of aromatic nitrogens is 2. The summed E-state index contributed by atoms with van der Waals surface area (Å²) >= 11 is 2.01. The minimum Gasteiger partial charge on any atom is -0.465 e. The molecule has 7 nitrogen and oxygen atoms in total. The SMILES string of the molecule is CCOc1nc2cccc(C(=O)OC)c2n1Cc1ccc(-c2ccccc2/C(I)=N/O)cc1. The highest BCUT2D eigenvalue weighted by molar-refractivity contribution is 14.1. The van der Waals surface area contributed by atoms with Crippen LogP contribution in [0.4, 0.5) is 0 Å². The number of esters is 1. The van der Waals surface area contributed by atoms with E-state index in [2.05, 4.69) is 10.1 Å². The lowest BCUT2D eigenvalue weighted by molar-refractivity contribution is 0.0602. The minimum atomic E-state index is -0.420. The Labute approximate surface area is 204 Å². The highest BCUT2D eigenvalue weighted by Crippen LogP contribution is 2.29. The summed E-state index contributed by atoms with van der Waals surface area (Å²) in [5, 5.41) is 12.5. The highest BCUT2D eigenvalue weighted by Gasteiger charge is 2.20. The van der Waals surface area contributed by atoms with Gasteiger partial charge in [-0.1, -0.05) is 59.8 Å². The van der Waals surface area contributed by atoms with Gasteiger partial charge in [-0.25, -0.2) is 4.79 Å². The number of ether oxygens (including phenoxy) is 2. The van der Waals surface area contributed by atoms with Crippen molar-refractivity contribution in [2.45, 2.75) is 13.5 Å². The predicted octanol–water partition coefficient (Wildman–Crippen LogP) is 5.51. The van der Waals surface area contributed by atoms with Crippen molar-refractivity contribution >= 4 is 43.3 Å². The van der Waals surface area contributed by atoms with Gasteiger partial charge in [0.25, 0.3) is 6.01 Å². The Morgan fingerprint density at radius 1 is 1.06 bits per heavy atom. The van der Waals surface area contributed by atoms with E-state index in [4.69, 9.17) is 9.47 Å². The molecule has 1 N–H and O–H groups in total. The molecule has 3 aromatic carbocycles. The number of para-hydroxylation sites is 1. The van der Waals surface area contributed by atoms with Crippen LogP contribution in [0.25, 0.3) is 22.2 Å². The zero-order chi connectivity index (χ0) is 23.4. The maximum Gasteiger partial charge on any atom is 0.340 e. The first-order chi connectivity index (χ1) is 16.1. The maximum absolute atomic E-state index is 12.4. The second-order valence-electron chi connectivity index (χ2n) is 7.21. The predicted molar refractivity (Wildman–Crippen MR) is 136 cm³/mol. The van der Waals surface area contributed by atoms with Crippen molar-refractivity contribution in [2.24, 2.45) is 5.16 Å². The van der Waals surface area contributed by atoms with Crippen molar-refractivity contribution in [3.8, 4) is 17.1 Å². The third-order valence-electron chi connectivity index (χ3n) is 5.25. The first-order valence-corrected chi connectivity index (χ1v) is 11.4. The summed E-state index contributed by atoms with van der Waals surface area (Å²) in [6.45, 7) is 2.82. The number of carbonyl (C=O) groups excluding carboxylic acids is 1. The van der Waals surface area contributed by atoms with Crippen molar-refractivity contribution in [2.75, 3.05) is 13.7 Å². The Morgan fingerprint density at radius 2 is 1.79 bits per heavy atom. The number of oxime groups is 1. The number of methoxy groups -OCH3 is 1. The minimum absolute atomic E-state index is 0.420. The molecule has 0 amide bonds. The van der Waals surface area contributed by atoms with Crippen molar-refractivity contribution in [1.29, 1.82) is 0 Å². The molecule has 0 unspecified atom stereocenters. The number of rotatable bonds is 7. The Balaban J connectivity index is 1.74. The third kappa shape index (κ3) is 4.56. The van der Waals surface area contributed by atoms with Crippen LogP contribution >= 0.6 is 22.6 Å². The summed E-state index contributed by atoms with van der Waals surface area (Å²) < 4.78 is 13.2. The number of imidazole rings is 1. The standard InChI is InChI=1S/C25H22IN3O4/c1-3-33-25-27-21-10-6-9-20(24(30)32-2)22(21)29(25)15-16-11-13-17(14-12-16)18-7-4-5-8-19(18)23(26)28-31/h4-14,31H,3,15H2,1-2H3/b28-23-. The molecule has 0 saturated carbocycles. The normalized spacial score (nSPS) is 11.5. The fraction of sp³-hybridized carbons (Fsp3) is 0.160. The van der Waals surface area contributed by atoms with Gasteiger partial charge in [-0.15, -0.1) is 0 Å². The van der Waals surface area contributed by atoms with Crippen molar-refractivity contribution in [3.63, 3.8) is 0 Å². The molecule has 0 bridgehead atoms. The monoisotopic (exact) mass is 555 g/mol. The van der Waals surface area contributed by atoms with E-state index in [-0.39, 0.29) is 0 Å². The van der Waals surface area contributed by atoms with E-state index >= 15 is 0 Å². The number of hydrogen-bond acceptors (Lipinski definition) is 6. The van der Waals surface area contributed by atoms with Crippen molar-refractivity contribution in [1.82, 2.24) is 9.55 Å². The van der Waals surface area contributed by atoms with Crippen LogP contribution in [0, 0.1) is 0 Å². The molecule has 33 heavy (non-hydrogen) atoms. The van der Waals surface area contributed by atoms with Crippen LogP contribution in [-0.2, 0) is 11.3 Å². The molecule has 8 heteroatoms. The smallest absolute Gasteiger partial charge is 0.340 e. The van der Waals surface area contributed by atoms with E-state index in [0.717, 1.165) is 22.3 Å². The van der Waals surface area contributed by atoms with Gasteiger partial charge in [-0.3, -0.25) is 4.57 Å². The Hall–Kier alpha value is -3.40. The summed E-state index contributed by atoms with van der Waals surface area (Å²) in [6, 6.07) is 21.7. The Kier molecular flexibility index (Phi) is 6.93. The van der Waals surface area contributed by atoms with Crippen molar-refractivity contribution in [3.05, 3.63) is 83.4 Å². The van der Waals surface area contributed by atoms with Gasteiger partial charge >= 0.3 is 5.97 Å². The lowest BCUT2D eigenvalue weighted by Crippen LogP contribution is -2.09. The van der Waals surface area contributed by atoms with E-state index in [0.29, 0.717) is 39.5 Å². The highest BCUT2D eigenvalue weighted by atomic mass is 127. The summed E-state index contributed by atoms with van der Waals surface area (Å²) in [4.78, 5) is 17.0. The molecule has 1 aromatic heterocycles. The van der Waals surface area contributed by atoms with Gasteiger partial charge in [0.2, 0.25) is 0 Å². The second kappa shape index (κ2) is 10.0. The molecule has 1 heterocycles. The van der Waals surface area contributed by atoms with Gasteiger partial charge < -0.3 is 14.7 Å². The summed E-state index contributed by atoms with van der Waals surface area (Å²) in [5.41, 5.74) is 5.64. The van der Waals surface area contributed by atoms with Crippen LogP contribution in [0.3, 0.4) is 0 Å². The Morgan fingerprint density at radius 3 is 2.48 bits per heavy atom. The number of carbonyl (C=O) groups is 1. The van der Waals surface area contributed by atoms with Gasteiger partial charge in [0.15, 0.2) is 0 Å². The quantitative estimate of drug-likeness (QED) is 0.107. The zero-order valence-electron chi connectivity index (χ0n) is 18.2. The number of halogens is 1. The van der Waals surface area contributed by atoms with E-state index in [1.807, 2.05) is 88.7 Å². The van der Waals surface area contributed by atoms with Crippen LogP contribution in [0.15, 0.2) is 71.9 Å². The van der Waals surface area contributed by atoms with E-state index in [1.165, 1.54) is 7.11 Å². The number of fused-ring (bicyclic) bond motifs is 1. The average Bonchev–Trinajstić information content (AvgIpc) is 3.20. The molecular weight excluding hydrogens is 533 g/mol. The lowest BCUT2D eigenvalue weighted by atomic mass is 9.99. The van der Waals surface area contributed by atoms with Crippen molar-refractivity contribution < 1.29 is 19.5 Å². The molecule has 0 aliphatic rings. The Bertz CT molecular complexity index is 1330. The molecule has 0 radical (unpaired) electrons. The fourth-order valence-corrected chi connectivity index (χ4v) is 4.24. The largest absolute Gasteiger partial charge is 0.465 e. The van der Waals surface area contributed by atoms with Crippen LogP contribution in [0.5, 0.6) is 6.01 Å². The lowest BCUT2D eigenvalue weighted by Gasteiger charge is -2.12. The molecule has 0 atom stereocenters. The van der Waals surface area contributed by atoms with Crippen LogP contribution in [0.2, 0.25) is 0 Å². The third-order valence-corrected chi connectivity index (χ3v) is 6.05. The number of benzene rings is 3. The first kappa shape index (κ1) is 22.8. The summed E-state index contributed by atoms with van der Waals surface area (Å²) in [5.74, 6) is -0.420. The molecule has 0 aliphatic heterocycles. The first-order valence-electron chi connectivity index (χ1n) is 10.3. The molecule has 4 aromatic rings. The fourth-order valence-electron chi connectivity index (χ4n) is 3.77. The van der Waals surface area contributed by atoms with Gasteiger partial charge in [-0.2, -0.15) is 4.98 Å². The van der Waals surface area contributed by atoms with Gasteiger partial charge in [0.05, 0.1) is 36.9 Å². The van der Waals surface area contributed by atoms with Gasteiger partial charge in [0.1, 0.15) is 3.72 Å². The van der Waals surface area contributed by atoms with E-state index in [1.54, 1.807) is 12.1 Å². The molecule has 168 valence electrons. The molecule has 0 fully saturated rings. The van der Waals surface area contributed by atoms with E-state index < -0.39 is 5.97 Å². The molecule has 0 spiro atoms. The molecule has 4 rings (SSSR count). The van der Waals surface area contributed by atoms with Crippen LogP contribution in [0.1, 0.15) is 28.4 Å². The number of hydrogen-bond donors (Lipinski definition) is 1.